The normalized spacial score (nSPS) is 18.1. The summed E-state index contributed by atoms with van der Waals surface area (Å²) >= 11 is 11.9. The van der Waals surface area contributed by atoms with Crippen LogP contribution in [0.4, 0.5) is 0 Å². The van der Waals surface area contributed by atoms with E-state index in [4.69, 9.17) is 28.0 Å². The summed E-state index contributed by atoms with van der Waals surface area (Å²) in [4.78, 5) is 31.5. The van der Waals surface area contributed by atoms with E-state index < -0.39 is 12.1 Å². The number of nitrogens with one attached hydrogen (secondary N) is 1. The van der Waals surface area contributed by atoms with Crippen molar-refractivity contribution in [2.24, 2.45) is 5.16 Å². The fourth-order valence-corrected chi connectivity index (χ4v) is 3.59. The van der Waals surface area contributed by atoms with Crippen molar-refractivity contribution >= 4 is 40.7 Å². The van der Waals surface area contributed by atoms with Crippen LogP contribution in [0.5, 0.6) is 0 Å². The molecule has 1 aliphatic heterocycles. The number of hydrogen-bond donors (Lipinski definition) is 2. The molecule has 1 saturated heterocycles. The van der Waals surface area contributed by atoms with Crippen molar-refractivity contribution in [3.63, 3.8) is 0 Å². The van der Waals surface area contributed by atoms with E-state index in [1.54, 1.807) is 30.3 Å². The number of carbonyl (C=O) groups is 2. The SMILES string of the molecule is CC(=O)N1C/C(=N\OCc2ccc(Cl)c(Cl)c2)CC1C(=O)NCC(O)c1ccccc1. The molecule has 0 bridgehead atoms. The Hall–Kier alpha value is -2.61. The Kier molecular flexibility index (Phi) is 7.90. The Morgan fingerprint density at radius 2 is 1.97 bits per heavy atom. The van der Waals surface area contributed by atoms with Gasteiger partial charge in [0.1, 0.15) is 12.6 Å². The molecule has 1 heterocycles. The van der Waals surface area contributed by atoms with E-state index in [9.17, 15) is 14.7 Å². The lowest BCUT2D eigenvalue weighted by Gasteiger charge is -2.22. The molecular formula is C22H23Cl2N3O4. The molecule has 0 radical (unpaired) electrons. The van der Waals surface area contributed by atoms with Crippen LogP contribution in [-0.2, 0) is 21.0 Å². The predicted molar refractivity (Wildman–Crippen MR) is 119 cm³/mol. The highest BCUT2D eigenvalue weighted by Gasteiger charge is 2.36. The molecule has 9 heteroatoms. The first kappa shape index (κ1) is 23.1. The van der Waals surface area contributed by atoms with E-state index in [0.717, 1.165) is 5.56 Å². The van der Waals surface area contributed by atoms with Gasteiger partial charge in [-0.25, -0.2) is 0 Å². The van der Waals surface area contributed by atoms with Crippen LogP contribution in [0.3, 0.4) is 0 Å². The minimum Gasteiger partial charge on any atom is -0.391 e. The molecule has 2 aromatic rings. The average molecular weight is 464 g/mol. The molecule has 0 spiro atoms. The van der Waals surface area contributed by atoms with Gasteiger partial charge in [-0.15, -0.1) is 0 Å². The molecule has 0 aromatic heterocycles. The minimum atomic E-state index is -0.833. The number of halogens is 2. The van der Waals surface area contributed by atoms with E-state index >= 15 is 0 Å². The molecule has 0 aliphatic carbocycles. The first-order valence-electron chi connectivity index (χ1n) is 9.74. The van der Waals surface area contributed by atoms with Gasteiger partial charge in [0, 0.05) is 19.9 Å². The van der Waals surface area contributed by atoms with Crippen molar-refractivity contribution in [1.29, 1.82) is 0 Å². The highest BCUT2D eigenvalue weighted by atomic mass is 35.5. The van der Waals surface area contributed by atoms with Crippen LogP contribution < -0.4 is 5.32 Å². The maximum atomic E-state index is 12.7. The first-order valence-corrected chi connectivity index (χ1v) is 10.5. The lowest BCUT2D eigenvalue weighted by atomic mass is 10.1. The molecule has 2 amide bonds. The number of aliphatic hydroxyl groups excluding tert-OH is 1. The molecule has 31 heavy (non-hydrogen) atoms. The summed E-state index contributed by atoms with van der Waals surface area (Å²) in [5.41, 5.74) is 2.08. The Balaban J connectivity index is 1.57. The summed E-state index contributed by atoms with van der Waals surface area (Å²) in [7, 11) is 0. The fraction of sp³-hybridized carbons (Fsp3) is 0.318. The third kappa shape index (κ3) is 6.19. The highest BCUT2D eigenvalue weighted by Crippen LogP contribution is 2.23. The zero-order valence-corrected chi connectivity index (χ0v) is 18.4. The monoisotopic (exact) mass is 463 g/mol. The van der Waals surface area contributed by atoms with Crippen molar-refractivity contribution in [3.8, 4) is 0 Å². The summed E-state index contributed by atoms with van der Waals surface area (Å²) in [6.45, 7) is 1.83. The number of likely N-dealkylation sites (tertiary alicyclic amines) is 1. The number of rotatable bonds is 7. The van der Waals surface area contributed by atoms with Crippen LogP contribution in [0.2, 0.25) is 10.0 Å². The molecule has 3 rings (SSSR count). The van der Waals surface area contributed by atoms with E-state index in [-0.39, 0.29) is 37.9 Å². The molecule has 7 nitrogen and oxygen atoms in total. The van der Waals surface area contributed by atoms with Gasteiger partial charge in [-0.05, 0) is 23.3 Å². The van der Waals surface area contributed by atoms with Gasteiger partial charge in [0.2, 0.25) is 11.8 Å². The molecule has 1 aliphatic rings. The minimum absolute atomic E-state index is 0.0470. The van der Waals surface area contributed by atoms with Gasteiger partial charge in [-0.3, -0.25) is 9.59 Å². The summed E-state index contributed by atoms with van der Waals surface area (Å²) < 4.78 is 0. The number of carbonyl (C=O) groups excluding carboxylic acids is 2. The number of hydrogen-bond acceptors (Lipinski definition) is 5. The topological polar surface area (TPSA) is 91.2 Å². The lowest BCUT2D eigenvalue weighted by molar-refractivity contribution is -0.137. The number of aliphatic hydroxyl groups is 1. The van der Waals surface area contributed by atoms with Crippen LogP contribution in [0.1, 0.15) is 30.6 Å². The summed E-state index contributed by atoms with van der Waals surface area (Å²) in [5.74, 6) is -0.585. The van der Waals surface area contributed by atoms with Crippen molar-refractivity contribution in [3.05, 3.63) is 69.7 Å². The maximum Gasteiger partial charge on any atom is 0.243 e. The van der Waals surface area contributed by atoms with Crippen molar-refractivity contribution in [2.45, 2.75) is 32.1 Å². The second-order valence-electron chi connectivity index (χ2n) is 7.22. The smallest absolute Gasteiger partial charge is 0.243 e. The predicted octanol–water partition coefficient (Wildman–Crippen LogP) is 3.34. The first-order chi connectivity index (χ1) is 14.8. The molecule has 0 saturated carbocycles. The average Bonchev–Trinajstić information content (AvgIpc) is 3.19. The quantitative estimate of drug-likeness (QED) is 0.615. The third-order valence-electron chi connectivity index (χ3n) is 4.93. The summed E-state index contributed by atoms with van der Waals surface area (Å²) in [6.07, 6.45) is -0.575. The fourth-order valence-electron chi connectivity index (χ4n) is 3.27. The number of nitrogens with zero attached hydrogens (tertiary/aromatic N) is 2. The van der Waals surface area contributed by atoms with E-state index in [1.807, 2.05) is 18.2 Å². The molecular weight excluding hydrogens is 441 g/mol. The van der Waals surface area contributed by atoms with Gasteiger partial charge in [-0.2, -0.15) is 0 Å². The van der Waals surface area contributed by atoms with Crippen LogP contribution in [0.15, 0.2) is 53.7 Å². The molecule has 1 fully saturated rings. The third-order valence-corrected chi connectivity index (χ3v) is 5.67. The van der Waals surface area contributed by atoms with Crippen LogP contribution in [0.25, 0.3) is 0 Å². The standard InChI is InChI=1S/C22H23Cl2N3O4/c1-14(28)27-12-17(26-31-13-15-7-8-18(23)19(24)9-15)10-20(27)22(30)25-11-21(29)16-5-3-2-4-6-16/h2-9,20-21,29H,10-13H2,1H3,(H,25,30)/b26-17-. The maximum absolute atomic E-state index is 12.7. The number of oxime groups is 1. The zero-order valence-electron chi connectivity index (χ0n) is 16.9. The number of amides is 2. The van der Waals surface area contributed by atoms with Crippen LogP contribution in [0, 0.1) is 0 Å². The largest absolute Gasteiger partial charge is 0.391 e. The zero-order chi connectivity index (χ0) is 22.4. The van der Waals surface area contributed by atoms with E-state index in [0.29, 0.717) is 21.3 Å². The Morgan fingerprint density at radius 1 is 1.23 bits per heavy atom. The Morgan fingerprint density at radius 3 is 2.65 bits per heavy atom. The molecule has 2 N–H and O–H groups in total. The van der Waals surface area contributed by atoms with Crippen molar-refractivity contribution < 1.29 is 19.5 Å². The molecule has 164 valence electrons. The van der Waals surface area contributed by atoms with Crippen molar-refractivity contribution in [1.82, 2.24) is 10.2 Å². The van der Waals surface area contributed by atoms with Crippen molar-refractivity contribution in [2.75, 3.05) is 13.1 Å². The molecule has 2 aromatic carbocycles. The van der Waals surface area contributed by atoms with Gasteiger partial charge in [0.15, 0.2) is 0 Å². The van der Waals surface area contributed by atoms with Gasteiger partial charge in [0.25, 0.3) is 0 Å². The van der Waals surface area contributed by atoms with Gasteiger partial charge >= 0.3 is 0 Å². The van der Waals surface area contributed by atoms with Crippen LogP contribution in [-0.4, -0.2) is 46.7 Å². The number of benzene rings is 2. The lowest BCUT2D eigenvalue weighted by Crippen LogP contribution is -2.46. The summed E-state index contributed by atoms with van der Waals surface area (Å²) in [6, 6.07) is 13.5. The second-order valence-corrected chi connectivity index (χ2v) is 8.03. The molecule has 2 unspecified atom stereocenters. The van der Waals surface area contributed by atoms with Gasteiger partial charge in [-0.1, -0.05) is 64.8 Å². The van der Waals surface area contributed by atoms with Crippen LogP contribution >= 0.6 is 23.2 Å². The molecule has 2 atom stereocenters. The van der Waals surface area contributed by atoms with Gasteiger partial charge < -0.3 is 20.2 Å². The van der Waals surface area contributed by atoms with E-state index in [2.05, 4.69) is 10.5 Å². The summed E-state index contributed by atoms with van der Waals surface area (Å²) in [5, 5.41) is 17.9. The second kappa shape index (κ2) is 10.6. The Bertz CT molecular complexity index is 968. The van der Waals surface area contributed by atoms with E-state index in [1.165, 1.54) is 11.8 Å². The van der Waals surface area contributed by atoms with Gasteiger partial charge in [0.05, 0.1) is 28.4 Å². The Labute approximate surface area is 190 Å². The highest BCUT2D eigenvalue weighted by molar-refractivity contribution is 6.42.